The standard InChI is InChI=1S/C10H9FO3/c1-14-8-3-4-9(11)7(6-8)2-5-10(12)13/h2-6H,1H3,(H,12,13)/b5-2-. The Morgan fingerprint density at radius 3 is 2.86 bits per heavy atom. The summed E-state index contributed by atoms with van der Waals surface area (Å²) in [5, 5.41) is 8.35. The van der Waals surface area contributed by atoms with E-state index in [1.54, 1.807) is 0 Å². The molecular formula is C10H9FO3. The van der Waals surface area contributed by atoms with Crippen molar-refractivity contribution in [3.8, 4) is 5.75 Å². The van der Waals surface area contributed by atoms with Gasteiger partial charge >= 0.3 is 5.97 Å². The Bertz CT molecular complexity index is 372. The SMILES string of the molecule is COc1ccc(F)c(/C=C\C(=O)O)c1. The zero-order valence-electron chi connectivity index (χ0n) is 7.53. The molecule has 0 amide bonds. The van der Waals surface area contributed by atoms with E-state index in [9.17, 15) is 9.18 Å². The number of carboxylic acids is 1. The minimum atomic E-state index is -1.12. The van der Waals surface area contributed by atoms with Gasteiger partial charge in [-0.1, -0.05) is 0 Å². The van der Waals surface area contributed by atoms with Crippen LogP contribution in [-0.2, 0) is 4.79 Å². The minimum Gasteiger partial charge on any atom is -0.497 e. The lowest BCUT2D eigenvalue weighted by molar-refractivity contribution is -0.131. The quantitative estimate of drug-likeness (QED) is 0.751. The van der Waals surface area contributed by atoms with Gasteiger partial charge in [-0.05, 0) is 24.3 Å². The molecule has 0 saturated heterocycles. The van der Waals surface area contributed by atoms with Crippen LogP contribution in [0.25, 0.3) is 6.08 Å². The van der Waals surface area contributed by atoms with E-state index < -0.39 is 11.8 Å². The van der Waals surface area contributed by atoms with Crippen molar-refractivity contribution in [2.75, 3.05) is 7.11 Å². The Morgan fingerprint density at radius 2 is 2.29 bits per heavy atom. The monoisotopic (exact) mass is 196 g/mol. The van der Waals surface area contributed by atoms with Crippen LogP contribution in [-0.4, -0.2) is 18.2 Å². The van der Waals surface area contributed by atoms with Crippen molar-refractivity contribution in [1.29, 1.82) is 0 Å². The van der Waals surface area contributed by atoms with Crippen LogP contribution >= 0.6 is 0 Å². The van der Waals surface area contributed by atoms with Crippen LogP contribution in [0.1, 0.15) is 5.56 Å². The van der Waals surface area contributed by atoms with Gasteiger partial charge in [0.25, 0.3) is 0 Å². The van der Waals surface area contributed by atoms with Crippen molar-refractivity contribution >= 4 is 12.0 Å². The molecule has 1 aromatic rings. The van der Waals surface area contributed by atoms with Crippen molar-refractivity contribution < 1.29 is 19.0 Å². The fourth-order valence-corrected chi connectivity index (χ4v) is 0.938. The summed E-state index contributed by atoms with van der Waals surface area (Å²) in [5.41, 5.74) is 0.187. The van der Waals surface area contributed by atoms with Crippen molar-refractivity contribution in [3.63, 3.8) is 0 Å². The van der Waals surface area contributed by atoms with E-state index >= 15 is 0 Å². The third-order valence-corrected chi connectivity index (χ3v) is 1.61. The average Bonchev–Trinajstić information content (AvgIpc) is 2.16. The Balaban J connectivity index is 3.00. The largest absolute Gasteiger partial charge is 0.497 e. The topological polar surface area (TPSA) is 46.5 Å². The predicted octanol–water partition coefficient (Wildman–Crippen LogP) is 1.93. The molecule has 4 heteroatoms. The van der Waals surface area contributed by atoms with Gasteiger partial charge in [-0.15, -0.1) is 0 Å². The van der Waals surface area contributed by atoms with Crippen LogP contribution < -0.4 is 4.74 Å². The van der Waals surface area contributed by atoms with E-state index in [0.717, 1.165) is 6.08 Å². The summed E-state index contributed by atoms with van der Waals surface area (Å²) in [4.78, 5) is 10.2. The number of rotatable bonds is 3. The van der Waals surface area contributed by atoms with Gasteiger partial charge in [-0.3, -0.25) is 0 Å². The Kier molecular flexibility index (Phi) is 3.23. The highest BCUT2D eigenvalue weighted by Gasteiger charge is 2.00. The zero-order valence-corrected chi connectivity index (χ0v) is 7.53. The molecular weight excluding hydrogens is 187 g/mol. The van der Waals surface area contributed by atoms with Gasteiger partial charge in [0.2, 0.25) is 0 Å². The molecule has 0 aliphatic rings. The van der Waals surface area contributed by atoms with Gasteiger partial charge in [-0.2, -0.15) is 0 Å². The predicted molar refractivity (Wildman–Crippen MR) is 49.6 cm³/mol. The lowest BCUT2D eigenvalue weighted by Crippen LogP contribution is -1.89. The second-order valence-electron chi connectivity index (χ2n) is 2.56. The Morgan fingerprint density at radius 1 is 1.57 bits per heavy atom. The molecule has 1 aromatic carbocycles. The minimum absolute atomic E-state index is 0.187. The Labute approximate surface area is 80.4 Å². The van der Waals surface area contributed by atoms with Gasteiger partial charge in [0, 0.05) is 11.6 Å². The maximum absolute atomic E-state index is 13.1. The first kappa shape index (κ1) is 10.2. The molecule has 0 aliphatic heterocycles. The van der Waals surface area contributed by atoms with Gasteiger partial charge in [0.05, 0.1) is 7.11 Å². The summed E-state index contributed by atoms with van der Waals surface area (Å²) >= 11 is 0. The molecule has 0 fully saturated rings. The summed E-state index contributed by atoms with van der Waals surface area (Å²) in [6.45, 7) is 0. The van der Waals surface area contributed by atoms with E-state index in [1.165, 1.54) is 31.4 Å². The number of carbonyl (C=O) groups is 1. The van der Waals surface area contributed by atoms with Gasteiger partial charge < -0.3 is 9.84 Å². The van der Waals surface area contributed by atoms with Gasteiger partial charge in [-0.25, -0.2) is 9.18 Å². The highest BCUT2D eigenvalue weighted by atomic mass is 19.1. The molecule has 0 bridgehead atoms. The number of ether oxygens (including phenoxy) is 1. The number of hydrogen-bond acceptors (Lipinski definition) is 2. The molecule has 74 valence electrons. The van der Waals surface area contributed by atoms with Crippen molar-refractivity contribution in [2.45, 2.75) is 0 Å². The van der Waals surface area contributed by atoms with Crippen LogP contribution in [0.4, 0.5) is 4.39 Å². The average molecular weight is 196 g/mol. The molecule has 0 aliphatic carbocycles. The van der Waals surface area contributed by atoms with E-state index in [0.29, 0.717) is 5.75 Å². The fraction of sp³-hybridized carbons (Fsp3) is 0.100. The Hall–Kier alpha value is -1.84. The summed E-state index contributed by atoms with van der Waals surface area (Å²) < 4.78 is 17.9. The number of halogens is 1. The first-order chi connectivity index (χ1) is 6.63. The maximum Gasteiger partial charge on any atom is 0.328 e. The molecule has 1 rings (SSSR count). The molecule has 3 nitrogen and oxygen atoms in total. The molecule has 0 radical (unpaired) electrons. The molecule has 0 unspecified atom stereocenters. The molecule has 1 N–H and O–H groups in total. The number of hydrogen-bond donors (Lipinski definition) is 1. The van der Waals surface area contributed by atoms with Gasteiger partial charge in [0.15, 0.2) is 0 Å². The third-order valence-electron chi connectivity index (χ3n) is 1.61. The van der Waals surface area contributed by atoms with Crippen molar-refractivity contribution in [1.82, 2.24) is 0 Å². The first-order valence-electron chi connectivity index (χ1n) is 3.88. The van der Waals surface area contributed by atoms with Crippen LogP contribution in [0.5, 0.6) is 5.75 Å². The van der Waals surface area contributed by atoms with E-state index in [-0.39, 0.29) is 5.56 Å². The third kappa shape index (κ3) is 2.58. The molecule has 0 spiro atoms. The van der Waals surface area contributed by atoms with E-state index in [2.05, 4.69) is 0 Å². The second-order valence-corrected chi connectivity index (χ2v) is 2.56. The van der Waals surface area contributed by atoms with Crippen LogP contribution in [0, 0.1) is 5.82 Å². The van der Waals surface area contributed by atoms with E-state index in [4.69, 9.17) is 9.84 Å². The van der Waals surface area contributed by atoms with Crippen LogP contribution in [0.3, 0.4) is 0 Å². The maximum atomic E-state index is 13.1. The molecule has 14 heavy (non-hydrogen) atoms. The van der Waals surface area contributed by atoms with E-state index in [1.807, 2.05) is 0 Å². The lowest BCUT2D eigenvalue weighted by Gasteiger charge is -2.01. The normalized spacial score (nSPS) is 10.4. The summed E-state index contributed by atoms with van der Waals surface area (Å²) in [6, 6.07) is 4.11. The van der Waals surface area contributed by atoms with Gasteiger partial charge in [0.1, 0.15) is 11.6 Å². The van der Waals surface area contributed by atoms with Crippen LogP contribution in [0.2, 0.25) is 0 Å². The van der Waals surface area contributed by atoms with Crippen LogP contribution in [0.15, 0.2) is 24.3 Å². The second kappa shape index (κ2) is 4.41. The number of methoxy groups -OCH3 is 1. The summed E-state index contributed by atoms with van der Waals surface area (Å²) in [5.74, 6) is -1.12. The molecule has 0 aromatic heterocycles. The molecule has 0 saturated carbocycles. The fourth-order valence-electron chi connectivity index (χ4n) is 0.938. The molecule has 0 heterocycles. The lowest BCUT2D eigenvalue weighted by atomic mass is 10.2. The molecule has 0 atom stereocenters. The number of carboxylic acid groups (broad SMARTS) is 1. The summed E-state index contributed by atoms with van der Waals surface area (Å²) in [7, 11) is 1.46. The van der Waals surface area contributed by atoms with Crippen molar-refractivity contribution in [3.05, 3.63) is 35.7 Å². The first-order valence-corrected chi connectivity index (χ1v) is 3.88. The van der Waals surface area contributed by atoms with Crippen molar-refractivity contribution in [2.24, 2.45) is 0 Å². The zero-order chi connectivity index (χ0) is 10.6. The highest BCUT2D eigenvalue weighted by molar-refractivity contribution is 5.85. The smallest absolute Gasteiger partial charge is 0.328 e. The highest BCUT2D eigenvalue weighted by Crippen LogP contribution is 2.17. The number of aliphatic carboxylic acids is 1. The summed E-state index contributed by atoms with van der Waals surface area (Å²) in [6.07, 6.45) is 2.05. The number of benzene rings is 1.